The van der Waals surface area contributed by atoms with E-state index in [0.29, 0.717) is 10.8 Å². The summed E-state index contributed by atoms with van der Waals surface area (Å²) in [6, 6.07) is 21.1. The molecule has 1 heterocycles. The molecule has 4 rings (SSSR count). The van der Waals surface area contributed by atoms with E-state index in [2.05, 4.69) is 20.8 Å². The summed E-state index contributed by atoms with van der Waals surface area (Å²) in [5.41, 5.74) is 6.24. The molecule has 0 spiro atoms. The van der Waals surface area contributed by atoms with Crippen molar-refractivity contribution in [1.82, 2.24) is 15.7 Å². The van der Waals surface area contributed by atoms with Gasteiger partial charge in [0.1, 0.15) is 11.8 Å². The van der Waals surface area contributed by atoms with E-state index in [9.17, 15) is 9.59 Å². The third-order valence-electron chi connectivity index (χ3n) is 5.79. The number of benzene rings is 3. The molecule has 0 saturated carbocycles. The molecule has 0 aliphatic rings. The minimum atomic E-state index is -0.915. The summed E-state index contributed by atoms with van der Waals surface area (Å²) in [6.07, 6.45) is 0.957. The second-order valence-electron chi connectivity index (χ2n) is 8.53. The van der Waals surface area contributed by atoms with E-state index in [0.717, 1.165) is 27.7 Å². The second kappa shape index (κ2) is 12.0. The van der Waals surface area contributed by atoms with Crippen molar-refractivity contribution in [3.8, 4) is 5.75 Å². The fourth-order valence-corrected chi connectivity index (χ4v) is 4.32. The molecule has 37 heavy (non-hydrogen) atoms. The largest absolute Gasteiger partial charge is 0.479 e. The molecule has 0 aliphatic heterocycles. The summed E-state index contributed by atoms with van der Waals surface area (Å²) in [6.45, 7) is 3.52. The number of H-pyrrole nitrogens is 1. The first-order valence-electron chi connectivity index (χ1n) is 11.7. The van der Waals surface area contributed by atoms with E-state index < -0.39 is 24.0 Å². The quantitative estimate of drug-likeness (QED) is 0.196. The summed E-state index contributed by atoms with van der Waals surface area (Å²) < 4.78 is 5.71. The number of nitrogens with zero attached hydrogens (tertiary/aromatic N) is 1. The summed E-state index contributed by atoms with van der Waals surface area (Å²) in [5, 5.41) is 8.69. The molecule has 0 fully saturated rings. The molecule has 0 radical (unpaired) electrons. The van der Waals surface area contributed by atoms with Crippen LogP contribution in [0.4, 0.5) is 0 Å². The van der Waals surface area contributed by atoms with Gasteiger partial charge >= 0.3 is 0 Å². The van der Waals surface area contributed by atoms with Gasteiger partial charge in [0.2, 0.25) is 0 Å². The molecule has 190 valence electrons. The first-order chi connectivity index (χ1) is 17.8. The highest BCUT2D eigenvalue weighted by molar-refractivity contribution is 6.35. The summed E-state index contributed by atoms with van der Waals surface area (Å²) in [4.78, 5) is 29.4. The van der Waals surface area contributed by atoms with Gasteiger partial charge in [0.25, 0.3) is 11.8 Å². The van der Waals surface area contributed by atoms with Gasteiger partial charge in [-0.3, -0.25) is 9.59 Å². The number of aryl methyl sites for hydroxylation is 1. The molecule has 7 nitrogen and oxygen atoms in total. The van der Waals surface area contributed by atoms with E-state index in [1.807, 2.05) is 61.5 Å². The minimum absolute atomic E-state index is 0.272. The van der Waals surface area contributed by atoms with Gasteiger partial charge in [-0.2, -0.15) is 5.10 Å². The average molecular weight is 537 g/mol. The Hall–Kier alpha value is -3.81. The van der Waals surface area contributed by atoms with Gasteiger partial charge in [0.15, 0.2) is 6.10 Å². The molecule has 2 atom stereocenters. The highest BCUT2D eigenvalue weighted by atomic mass is 35.5. The van der Waals surface area contributed by atoms with E-state index in [1.54, 1.807) is 25.3 Å². The predicted molar refractivity (Wildman–Crippen MR) is 147 cm³/mol. The number of rotatable bonds is 9. The predicted octanol–water partition coefficient (Wildman–Crippen LogP) is 5.43. The fraction of sp³-hybridized carbons (Fsp3) is 0.179. The monoisotopic (exact) mass is 536 g/mol. The van der Waals surface area contributed by atoms with Crippen LogP contribution >= 0.6 is 23.2 Å². The number of aromatic amines is 1. The number of para-hydroxylation sites is 1. The number of carbonyl (C=O) groups is 2. The molecule has 3 N–H and O–H groups in total. The van der Waals surface area contributed by atoms with Gasteiger partial charge in [0, 0.05) is 33.6 Å². The highest BCUT2D eigenvalue weighted by Crippen LogP contribution is 2.28. The van der Waals surface area contributed by atoms with Crippen LogP contribution in [0.5, 0.6) is 5.75 Å². The number of hydrazone groups is 1. The molecule has 1 aromatic heterocycles. The van der Waals surface area contributed by atoms with E-state index in [1.165, 1.54) is 6.07 Å². The van der Waals surface area contributed by atoms with Crippen molar-refractivity contribution < 1.29 is 14.3 Å². The molecule has 4 aromatic rings. The lowest BCUT2D eigenvalue weighted by molar-refractivity contribution is -0.132. The Balaban J connectivity index is 1.47. The fourth-order valence-electron chi connectivity index (χ4n) is 3.87. The summed E-state index contributed by atoms with van der Waals surface area (Å²) in [7, 11) is 0. The average Bonchev–Trinajstić information content (AvgIpc) is 3.20. The number of halogens is 2. The Bertz CT molecular complexity index is 1440. The first kappa shape index (κ1) is 26.3. The van der Waals surface area contributed by atoms with Crippen LogP contribution in [-0.2, 0) is 16.0 Å². The third-order valence-corrected chi connectivity index (χ3v) is 6.32. The number of carbonyl (C=O) groups excluding carboxylic acids is 2. The van der Waals surface area contributed by atoms with Crippen LogP contribution in [0.1, 0.15) is 23.7 Å². The molecule has 9 heteroatoms. The molecular formula is C28H26Cl2N4O3. The van der Waals surface area contributed by atoms with Crippen molar-refractivity contribution in [1.29, 1.82) is 0 Å². The standard InChI is InChI=1S/C28H26Cl2N4O3/c1-17-22(21-10-6-7-11-24(21)32-17)16-31-34-28(36)25(14-19-8-4-3-5-9-19)33-27(35)18(2)37-26-13-12-20(29)15-23(26)30/h3-13,15-16,18,25,32H,14H2,1-2H3,(H,33,35)(H,34,36)/b31-16-/t18-,25+/m1/s1. The number of nitrogens with one attached hydrogen (secondary N) is 3. The second-order valence-corrected chi connectivity index (χ2v) is 9.37. The lowest BCUT2D eigenvalue weighted by atomic mass is 10.1. The van der Waals surface area contributed by atoms with Crippen LogP contribution in [0, 0.1) is 6.92 Å². The zero-order valence-electron chi connectivity index (χ0n) is 20.3. The van der Waals surface area contributed by atoms with Crippen molar-refractivity contribution >= 4 is 52.1 Å². The maximum atomic E-state index is 13.1. The van der Waals surface area contributed by atoms with E-state index >= 15 is 0 Å². The normalized spacial score (nSPS) is 12.9. The molecule has 0 bridgehead atoms. The topological polar surface area (TPSA) is 95.6 Å². The van der Waals surface area contributed by atoms with Crippen molar-refractivity contribution in [3.63, 3.8) is 0 Å². The van der Waals surface area contributed by atoms with Crippen LogP contribution in [0.15, 0.2) is 77.9 Å². The Kier molecular flexibility index (Phi) is 8.48. The van der Waals surface area contributed by atoms with Gasteiger partial charge in [0.05, 0.1) is 11.2 Å². The van der Waals surface area contributed by atoms with Crippen LogP contribution in [0.25, 0.3) is 10.9 Å². The highest BCUT2D eigenvalue weighted by Gasteiger charge is 2.25. The van der Waals surface area contributed by atoms with E-state index in [-0.39, 0.29) is 11.4 Å². The number of amides is 2. The number of aromatic nitrogens is 1. The zero-order valence-corrected chi connectivity index (χ0v) is 21.8. The maximum Gasteiger partial charge on any atom is 0.262 e. The van der Waals surface area contributed by atoms with Crippen LogP contribution in [-0.4, -0.2) is 35.2 Å². The van der Waals surface area contributed by atoms with Crippen LogP contribution in [0.3, 0.4) is 0 Å². The Labute approximate surface area is 224 Å². The van der Waals surface area contributed by atoms with Crippen molar-refractivity contribution in [3.05, 3.63) is 99.7 Å². The summed E-state index contributed by atoms with van der Waals surface area (Å²) >= 11 is 12.1. The molecule has 0 saturated heterocycles. The SMILES string of the molecule is Cc1[nH]c2ccccc2c1/C=N\NC(=O)[C@H](Cc1ccccc1)NC(=O)[C@@H](C)Oc1ccc(Cl)cc1Cl. The number of fused-ring (bicyclic) bond motifs is 1. The van der Waals surface area contributed by atoms with Crippen LogP contribution in [0.2, 0.25) is 10.0 Å². The van der Waals surface area contributed by atoms with Gasteiger partial charge in [-0.15, -0.1) is 0 Å². The summed E-state index contributed by atoms with van der Waals surface area (Å²) in [5.74, 6) is -0.613. The van der Waals surface area contributed by atoms with Gasteiger partial charge in [-0.05, 0) is 43.7 Å². The molecule has 0 aliphatic carbocycles. The molecule has 2 amide bonds. The minimum Gasteiger partial charge on any atom is -0.479 e. The van der Waals surface area contributed by atoms with Gasteiger partial charge in [-0.25, -0.2) is 5.43 Å². The Morgan fingerprint density at radius 3 is 2.51 bits per heavy atom. The van der Waals surface area contributed by atoms with Crippen molar-refractivity contribution in [2.75, 3.05) is 0 Å². The zero-order chi connectivity index (χ0) is 26.4. The third kappa shape index (κ3) is 6.70. The lowest BCUT2D eigenvalue weighted by Crippen LogP contribution is -2.50. The lowest BCUT2D eigenvalue weighted by Gasteiger charge is -2.21. The molecular weight excluding hydrogens is 511 g/mol. The Morgan fingerprint density at radius 2 is 1.76 bits per heavy atom. The smallest absolute Gasteiger partial charge is 0.262 e. The van der Waals surface area contributed by atoms with Crippen molar-refractivity contribution in [2.45, 2.75) is 32.4 Å². The molecule has 3 aromatic carbocycles. The van der Waals surface area contributed by atoms with Gasteiger partial charge < -0.3 is 15.0 Å². The number of hydrogen-bond donors (Lipinski definition) is 3. The Morgan fingerprint density at radius 1 is 1.03 bits per heavy atom. The van der Waals surface area contributed by atoms with Gasteiger partial charge in [-0.1, -0.05) is 71.7 Å². The van der Waals surface area contributed by atoms with Crippen molar-refractivity contribution in [2.24, 2.45) is 5.10 Å². The van der Waals surface area contributed by atoms with E-state index in [4.69, 9.17) is 27.9 Å². The molecule has 0 unspecified atom stereocenters. The van der Waals surface area contributed by atoms with Crippen LogP contribution < -0.4 is 15.5 Å². The first-order valence-corrected chi connectivity index (χ1v) is 12.4. The maximum absolute atomic E-state index is 13.1. The number of hydrogen-bond acceptors (Lipinski definition) is 4. The number of ether oxygens (including phenoxy) is 1.